The minimum atomic E-state index is -0.500. The minimum Gasteiger partial charge on any atom is -0.395 e. The highest BCUT2D eigenvalue weighted by Gasteiger charge is 2.19. The second kappa shape index (κ2) is 6.84. The monoisotopic (exact) mass is 265 g/mol. The maximum absolute atomic E-state index is 9.83. The van der Waals surface area contributed by atoms with Gasteiger partial charge < -0.3 is 15.1 Å². The number of aromatic nitrogens is 1. The Bertz CT molecular complexity index is 398. The first-order chi connectivity index (χ1) is 9.22. The Morgan fingerprint density at radius 2 is 2.16 bits per heavy atom. The summed E-state index contributed by atoms with van der Waals surface area (Å²) in [4.78, 5) is 8.94. The minimum absolute atomic E-state index is 0.211. The Labute approximate surface area is 114 Å². The molecule has 0 bridgehead atoms. The number of hydrogen-bond acceptors (Lipinski definition) is 5. The molecule has 19 heavy (non-hydrogen) atoms. The molecular formula is C14H23N3O2. The summed E-state index contributed by atoms with van der Waals surface area (Å²) >= 11 is 0. The molecular weight excluding hydrogens is 242 g/mol. The molecule has 1 fully saturated rings. The lowest BCUT2D eigenvalue weighted by Gasteiger charge is -2.25. The molecule has 0 saturated carbocycles. The summed E-state index contributed by atoms with van der Waals surface area (Å²) in [5.41, 5.74) is 0.887. The van der Waals surface area contributed by atoms with Crippen molar-refractivity contribution in [3.63, 3.8) is 0 Å². The number of β-amino-alcohol motifs (C(OH)–C–C–N with tert-alkyl or cyclic N) is 1. The van der Waals surface area contributed by atoms with Crippen LogP contribution in [-0.4, -0.2) is 59.4 Å². The van der Waals surface area contributed by atoms with Crippen molar-refractivity contribution in [3.05, 3.63) is 23.9 Å². The smallest absolute Gasteiger partial charge is 0.134 e. The molecule has 1 atom stereocenters. The Morgan fingerprint density at radius 3 is 2.89 bits per heavy atom. The van der Waals surface area contributed by atoms with Gasteiger partial charge in [0.25, 0.3) is 0 Å². The molecule has 1 saturated heterocycles. The normalized spacial score (nSPS) is 19.2. The lowest BCUT2D eigenvalue weighted by molar-refractivity contribution is 0.199. The van der Waals surface area contributed by atoms with E-state index in [-0.39, 0.29) is 6.61 Å². The summed E-state index contributed by atoms with van der Waals surface area (Å²) in [5.74, 6) is 0.892. The van der Waals surface area contributed by atoms with E-state index in [9.17, 15) is 5.11 Å². The zero-order valence-electron chi connectivity index (χ0n) is 11.5. The first-order valence-corrected chi connectivity index (χ1v) is 6.93. The maximum Gasteiger partial charge on any atom is 0.134 e. The van der Waals surface area contributed by atoms with Crippen LogP contribution in [0.2, 0.25) is 0 Å². The third kappa shape index (κ3) is 3.65. The van der Waals surface area contributed by atoms with E-state index in [0.717, 1.165) is 50.5 Å². The highest BCUT2D eigenvalue weighted by molar-refractivity contribution is 5.47. The van der Waals surface area contributed by atoms with Gasteiger partial charge in [-0.05, 0) is 26.0 Å². The SMILES string of the molecule is CC(O)c1cccnc1N1CCCN(CCO)CC1. The van der Waals surface area contributed by atoms with Gasteiger partial charge in [0, 0.05) is 37.9 Å². The molecule has 2 N–H and O–H groups in total. The Hall–Kier alpha value is -1.17. The van der Waals surface area contributed by atoms with Crippen molar-refractivity contribution in [2.75, 3.05) is 44.2 Å². The van der Waals surface area contributed by atoms with E-state index in [1.807, 2.05) is 12.1 Å². The molecule has 2 rings (SSSR count). The van der Waals surface area contributed by atoms with Gasteiger partial charge in [0.15, 0.2) is 0 Å². The molecule has 1 aliphatic rings. The van der Waals surface area contributed by atoms with Gasteiger partial charge in [-0.1, -0.05) is 6.07 Å². The number of rotatable bonds is 4. The van der Waals surface area contributed by atoms with Crippen molar-refractivity contribution in [2.24, 2.45) is 0 Å². The Morgan fingerprint density at radius 1 is 1.32 bits per heavy atom. The van der Waals surface area contributed by atoms with Gasteiger partial charge >= 0.3 is 0 Å². The van der Waals surface area contributed by atoms with Crippen LogP contribution in [0.4, 0.5) is 5.82 Å². The number of pyridine rings is 1. The first kappa shape index (κ1) is 14.2. The van der Waals surface area contributed by atoms with E-state index in [0.29, 0.717) is 0 Å². The quantitative estimate of drug-likeness (QED) is 0.836. The van der Waals surface area contributed by atoms with E-state index in [1.54, 1.807) is 13.1 Å². The molecule has 0 amide bonds. The van der Waals surface area contributed by atoms with E-state index in [1.165, 1.54) is 0 Å². The van der Waals surface area contributed by atoms with Gasteiger partial charge in [-0.3, -0.25) is 4.90 Å². The molecule has 0 radical (unpaired) electrons. The van der Waals surface area contributed by atoms with Gasteiger partial charge in [-0.15, -0.1) is 0 Å². The first-order valence-electron chi connectivity index (χ1n) is 6.93. The predicted molar refractivity (Wildman–Crippen MR) is 75.2 cm³/mol. The molecule has 2 heterocycles. The summed E-state index contributed by atoms with van der Waals surface area (Å²) in [7, 11) is 0. The van der Waals surface area contributed by atoms with E-state index >= 15 is 0 Å². The standard InChI is InChI=1S/C14H23N3O2/c1-12(19)13-4-2-5-15-14(13)17-7-3-6-16(8-9-17)10-11-18/h2,4-5,12,18-19H,3,6-11H2,1H3. The van der Waals surface area contributed by atoms with E-state index < -0.39 is 6.10 Å². The molecule has 5 heteroatoms. The molecule has 5 nitrogen and oxygen atoms in total. The average molecular weight is 265 g/mol. The largest absolute Gasteiger partial charge is 0.395 e. The summed E-state index contributed by atoms with van der Waals surface area (Å²) in [6.45, 7) is 6.48. The van der Waals surface area contributed by atoms with Crippen molar-refractivity contribution in [1.82, 2.24) is 9.88 Å². The second-order valence-electron chi connectivity index (χ2n) is 5.00. The van der Waals surface area contributed by atoms with Crippen LogP contribution in [0.3, 0.4) is 0 Å². The third-order valence-corrected chi connectivity index (χ3v) is 3.57. The topological polar surface area (TPSA) is 59.8 Å². The average Bonchev–Trinajstić information content (AvgIpc) is 2.65. The lowest BCUT2D eigenvalue weighted by atomic mass is 10.1. The molecule has 0 aliphatic carbocycles. The lowest BCUT2D eigenvalue weighted by Crippen LogP contribution is -2.33. The van der Waals surface area contributed by atoms with Crippen LogP contribution >= 0.6 is 0 Å². The fourth-order valence-corrected chi connectivity index (χ4v) is 2.55. The van der Waals surface area contributed by atoms with E-state index in [4.69, 9.17) is 5.11 Å². The summed E-state index contributed by atoms with van der Waals surface area (Å²) in [5, 5.41) is 18.8. The van der Waals surface area contributed by atoms with Crippen LogP contribution in [0.5, 0.6) is 0 Å². The fraction of sp³-hybridized carbons (Fsp3) is 0.643. The van der Waals surface area contributed by atoms with Gasteiger partial charge in [0.05, 0.1) is 12.7 Å². The number of aliphatic hydroxyl groups is 2. The van der Waals surface area contributed by atoms with Gasteiger partial charge in [0.2, 0.25) is 0 Å². The molecule has 1 aromatic rings. The van der Waals surface area contributed by atoms with Gasteiger partial charge in [-0.25, -0.2) is 4.98 Å². The number of hydrogen-bond donors (Lipinski definition) is 2. The van der Waals surface area contributed by atoms with Crippen LogP contribution in [0.15, 0.2) is 18.3 Å². The van der Waals surface area contributed by atoms with Crippen LogP contribution in [-0.2, 0) is 0 Å². The summed E-state index contributed by atoms with van der Waals surface area (Å²) < 4.78 is 0. The van der Waals surface area contributed by atoms with Gasteiger partial charge in [-0.2, -0.15) is 0 Å². The summed E-state index contributed by atoms with van der Waals surface area (Å²) in [6.07, 6.45) is 2.33. The zero-order valence-corrected chi connectivity index (χ0v) is 11.5. The highest BCUT2D eigenvalue weighted by Crippen LogP contribution is 2.24. The molecule has 0 spiro atoms. The maximum atomic E-state index is 9.83. The Balaban J connectivity index is 2.10. The number of nitrogens with zero attached hydrogens (tertiary/aromatic N) is 3. The number of aliphatic hydroxyl groups excluding tert-OH is 2. The number of anilines is 1. The van der Waals surface area contributed by atoms with Crippen molar-refractivity contribution in [1.29, 1.82) is 0 Å². The van der Waals surface area contributed by atoms with Crippen molar-refractivity contribution in [2.45, 2.75) is 19.4 Å². The van der Waals surface area contributed by atoms with Crippen LogP contribution in [0.25, 0.3) is 0 Å². The Kier molecular flexibility index (Phi) is 5.13. The molecule has 106 valence electrons. The predicted octanol–water partition coefficient (Wildman–Crippen LogP) is 0.639. The molecule has 1 unspecified atom stereocenters. The van der Waals surface area contributed by atoms with Crippen molar-refractivity contribution in [3.8, 4) is 0 Å². The zero-order chi connectivity index (χ0) is 13.7. The van der Waals surface area contributed by atoms with E-state index in [2.05, 4.69) is 14.8 Å². The highest BCUT2D eigenvalue weighted by atomic mass is 16.3. The third-order valence-electron chi connectivity index (χ3n) is 3.57. The van der Waals surface area contributed by atoms with Crippen LogP contribution in [0, 0.1) is 0 Å². The van der Waals surface area contributed by atoms with Crippen molar-refractivity contribution < 1.29 is 10.2 Å². The second-order valence-corrected chi connectivity index (χ2v) is 5.00. The van der Waals surface area contributed by atoms with Crippen LogP contribution < -0.4 is 4.90 Å². The van der Waals surface area contributed by atoms with Gasteiger partial charge in [0.1, 0.15) is 5.82 Å². The van der Waals surface area contributed by atoms with Crippen LogP contribution in [0.1, 0.15) is 25.0 Å². The summed E-state index contributed by atoms with van der Waals surface area (Å²) in [6, 6.07) is 3.80. The van der Waals surface area contributed by atoms with Crippen molar-refractivity contribution >= 4 is 5.82 Å². The fourth-order valence-electron chi connectivity index (χ4n) is 2.55. The molecule has 0 aromatic carbocycles. The molecule has 1 aliphatic heterocycles. The molecule has 1 aromatic heterocycles.